The van der Waals surface area contributed by atoms with Crippen molar-refractivity contribution in [3.63, 3.8) is 0 Å². The van der Waals surface area contributed by atoms with Crippen LogP contribution < -0.4 is 14.2 Å². The van der Waals surface area contributed by atoms with Crippen molar-refractivity contribution in [3.05, 3.63) is 29.3 Å². The number of rotatable bonds is 16. The molecule has 0 aromatic heterocycles. The van der Waals surface area contributed by atoms with Gasteiger partial charge < -0.3 is 78.4 Å². The third-order valence-corrected chi connectivity index (χ3v) is 17.0. The van der Waals surface area contributed by atoms with E-state index in [1.807, 2.05) is 6.92 Å². The molecular formula is C51H78O18. The molecule has 0 bridgehead atoms. The van der Waals surface area contributed by atoms with Crippen LogP contribution in [0.4, 0.5) is 0 Å². The van der Waals surface area contributed by atoms with E-state index in [4.69, 9.17) is 42.6 Å². The maximum absolute atomic E-state index is 14.0. The Kier molecular flexibility index (Phi) is 16.7. The Hall–Kier alpha value is -3.14. The topological polar surface area (TPSA) is 259 Å². The van der Waals surface area contributed by atoms with Crippen molar-refractivity contribution in [1.82, 2.24) is 0 Å². The molecule has 390 valence electrons. The van der Waals surface area contributed by atoms with Crippen molar-refractivity contribution >= 4 is 11.9 Å². The van der Waals surface area contributed by atoms with Crippen LogP contribution in [0, 0.1) is 46.3 Å². The van der Waals surface area contributed by atoms with E-state index >= 15 is 0 Å². The number of fused-ring (bicyclic) bond motifs is 5. The van der Waals surface area contributed by atoms with E-state index in [2.05, 4.69) is 33.8 Å². The molecule has 7 rings (SSSR count). The summed E-state index contributed by atoms with van der Waals surface area (Å²) in [4.78, 5) is 26.8. The Morgan fingerprint density at radius 2 is 1.54 bits per heavy atom. The Balaban J connectivity index is 1.17. The van der Waals surface area contributed by atoms with Crippen LogP contribution >= 0.6 is 0 Å². The molecule has 2 aliphatic heterocycles. The van der Waals surface area contributed by atoms with E-state index in [9.17, 15) is 45.3 Å². The van der Waals surface area contributed by atoms with E-state index in [1.54, 1.807) is 6.92 Å². The summed E-state index contributed by atoms with van der Waals surface area (Å²) in [5.41, 5.74) is 0.201. The Labute approximate surface area is 405 Å². The van der Waals surface area contributed by atoms with Gasteiger partial charge in [0.2, 0.25) is 5.75 Å². The molecule has 2 saturated heterocycles. The van der Waals surface area contributed by atoms with Gasteiger partial charge >= 0.3 is 11.9 Å². The lowest BCUT2D eigenvalue weighted by Crippen LogP contribution is -2.61. The Morgan fingerprint density at radius 1 is 0.855 bits per heavy atom. The van der Waals surface area contributed by atoms with Gasteiger partial charge in [0, 0.05) is 6.92 Å². The van der Waals surface area contributed by atoms with Gasteiger partial charge in [-0.15, -0.1) is 0 Å². The van der Waals surface area contributed by atoms with E-state index in [1.165, 1.54) is 40.4 Å². The summed E-state index contributed by atoms with van der Waals surface area (Å²) in [7, 11) is 4.26. The average molecular weight is 979 g/mol. The van der Waals surface area contributed by atoms with Gasteiger partial charge in [-0.3, -0.25) is 4.79 Å². The third kappa shape index (κ3) is 10.3. The van der Waals surface area contributed by atoms with Gasteiger partial charge in [0.05, 0.1) is 64.0 Å². The molecule has 7 N–H and O–H groups in total. The molecule has 18 heteroatoms. The first-order valence-electron chi connectivity index (χ1n) is 24.8. The number of methoxy groups -OCH3 is 3. The minimum atomic E-state index is -1.55. The summed E-state index contributed by atoms with van der Waals surface area (Å²) in [6.45, 7) is 12.9. The lowest BCUT2D eigenvalue weighted by Gasteiger charge is -2.60. The van der Waals surface area contributed by atoms with Gasteiger partial charge in [0.15, 0.2) is 36.3 Å². The second-order valence-electron chi connectivity index (χ2n) is 21.5. The summed E-state index contributed by atoms with van der Waals surface area (Å²) < 4.78 is 53.6. The second-order valence-corrected chi connectivity index (χ2v) is 21.5. The quantitative estimate of drug-likeness (QED) is 0.0925. The van der Waals surface area contributed by atoms with E-state index in [0.29, 0.717) is 50.9 Å². The molecule has 0 amide bonds. The van der Waals surface area contributed by atoms with Crippen LogP contribution in [-0.4, -0.2) is 161 Å². The summed E-state index contributed by atoms with van der Waals surface area (Å²) in [5, 5.41) is 77.3. The van der Waals surface area contributed by atoms with E-state index in [-0.39, 0.29) is 58.5 Å². The highest BCUT2D eigenvalue weighted by Gasteiger charge is 2.66. The molecule has 2 heterocycles. The fourth-order valence-electron chi connectivity index (χ4n) is 13.5. The van der Waals surface area contributed by atoms with Gasteiger partial charge in [-0.2, -0.15) is 0 Å². The molecule has 0 unspecified atom stereocenters. The smallest absolute Gasteiger partial charge is 0.338 e. The molecule has 69 heavy (non-hydrogen) atoms. The molecular weight excluding hydrogens is 901 g/mol. The Bertz CT molecular complexity index is 1950. The van der Waals surface area contributed by atoms with Gasteiger partial charge in [-0.05, 0) is 117 Å². The number of ether oxygens (including phenoxy) is 9. The molecule has 5 fully saturated rings. The summed E-state index contributed by atoms with van der Waals surface area (Å²) in [5.74, 6) is -1.30. The number of benzene rings is 1. The average Bonchev–Trinajstić information content (AvgIpc) is 3.60. The maximum Gasteiger partial charge on any atom is 0.338 e. The molecule has 6 aliphatic rings. The monoisotopic (exact) mass is 979 g/mol. The zero-order valence-corrected chi connectivity index (χ0v) is 41.8. The summed E-state index contributed by atoms with van der Waals surface area (Å²) in [6, 6.07) is 2.83. The largest absolute Gasteiger partial charge is 0.493 e. The lowest BCUT2D eigenvalue weighted by molar-refractivity contribution is -0.313. The SMILES string of the molecule is COc1cc(C(=O)O[C@@H]2[C@@H](O)[C@H](C)O[C@@H](O[C@H]3C[C@H]4[C@@H]5CC=C6C[C@@H](O[C@@H]7O[C@H](CO)[C@@H](O)[C@H](O)[C@H]7O)CC[C@]6(C)[C@H]5[C@H](O)C[C@]4(C)[C@H]3[C@H](C)[C@@H](O)CCC(C)C)[C@@H]2OC(C)=O)cc(OC)c1OC. The lowest BCUT2D eigenvalue weighted by atomic mass is 9.46. The van der Waals surface area contributed by atoms with Crippen molar-refractivity contribution in [2.45, 2.75) is 186 Å². The van der Waals surface area contributed by atoms with Crippen molar-refractivity contribution in [2.24, 2.45) is 46.3 Å². The maximum atomic E-state index is 14.0. The van der Waals surface area contributed by atoms with Gasteiger partial charge in [-0.1, -0.05) is 46.3 Å². The number of allylic oxidation sites excluding steroid dienone is 1. The first-order chi connectivity index (χ1) is 32.6. The van der Waals surface area contributed by atoms with Crippen LogP contribution in [0.5, 0.6) is 17.2 Å². The highest BCUT2D eigenvalue weighted by atomic mass is 16.7. The number of aliphatic hydroxyl groups is 7. The number of esters is 2. The number of hydrogen-bond donors (Lipinski definition) is 7. The predicted octanol–water partition coefficient (Wildman–Crippen LogP) is 3.44. The first-order valence-corrected chi connectivity index (χ1v) is 24.8. The minimum Gasteiger partial charge on any atom is -0.493 e. The Morgan fingerprint density at radius 3 is 2.14 bits per heavy atom. The predicted molar refractivity (Wildman–Crippen MR) is 246 cm³/mol. The van der Waals surface area contributed by atoms with Crippen LogP contribution in [0.1, 0.15) is 110 Å². The van der Waals surface area contributed by atoms with Crippen molar-refractivity contribution in [3.8, 4) is 17.2 Å². The molecule has 1 aromatic carbocycles. The van der Waals surface area contributed by atoms with Gasteiger partial charge in [0.1, 0.15) is 30.5 Å². The number of carbonyl (C=O) groups is 2. The van der Waals surface area contributed by atoms with Crippen LogP contribution in [0.15, 0.2) is 23.8 Å². The van der Waals surface area contributed by atoms with Crippen molar-refractivity contribution in [1.29, 1.82) is 0 Å². The van der Waals surface area contributed by atoms with Crippen LogP contribution in [0.3, 0.4) is 0 Å². The van der Waals surface area contributed by atoms with Crippen molar-refractivity contribution < 1.29 is 88.0 Å². The van der Waals surface area contributed by atoms with Gasteiger partial charge in [0.25, 0.3) is 0 Å². The van der Waals surface area contributed by atoms with Gasteiger partial charge in [-0.25, -0.2) is 4.79 Å². The first kappa shape index (κ1) is 53.7. The zero-order valence-electron chi connectivity index (χ0n) is 41.8. The standard InChI is InChI=1S/C51H78O18/c1-23(2)11-14-32(54)24(3)38-34(67-49-46(65-26(5)53)45(40(56)25(4)64-49)69-47(60)27-17-35(61-8)44(63-10)36(18-27)62-9)20-31-30-13-12-28-19-29(66-48-43(59)42(58)41(57)37(22-52)68-48)15-16-50(28,6)39(30)33(55)21-51(31,38)7/h12,17-18,23-25,29-34,37-43,45-46,48-49,52,54-59H,11,13-16,19-22H2,1-10H3/t24-,25+,29+,30+,31+,32+,33-,34+,37-,38+,39-,40+,41-,42+,43-,45-,46-,48-,49+,50+,51+/m1/s1. The zero-order chi connectivity index (χ0) is 50.4. The summed E-state index contributed by atoms with van der Waals surface area (Å²) in [6.07, 6.45) is -8.86. The molecule has 0 radical (unpaired) electrons. The molecule has 3 saturated carbocycles. The third-order valence-electron chi connectivity index (χ3n) is 17.0. The highest BCUT2D eigenvalue weighted by Crippen LogP contribution is 2.68. The number of hydrogen-bond acceptors (Lipinski definition) is 18. The van der Waals surface area contributed by atoms with Crippen molar-refractivity contribution in [2.75, 3.05) is 27.9 Å². The minimum absolute atomic E-state index is 0.00537. The normalized spacial score (nSPS) is 41.7. The molecule has 21 atom stereocenters. The van der Waals surface area contributed by atoms with Crippen LogP contribution in [-0.2, 0) is 33.2 Å². The van der Waals surface area contributed by atoms with Crippen LogP contribution in [0.25, 0.3) is 0 Å². The molecule has 0 spiro atoms. The molecule has 4 aliphatic carbocycles. The highest BCUT2D eigenvalue weighted by molar-refractivity contribution is 5.91. The fourth-order valence-corrected chi connectivity index (χ4v) is 13.5. The fraction of sp³-hybridized carbons (Fsp3) is 0.804. The van der Waals surface area contributed by atoms with Crippen LogP contribution in [0.2, 0.25) is 0 Å². The molecule has 1 aromatic rings. The van der Waals surface area contributed by atoms with E-state index in [0.717, 1.165) is 12.0 Å². The summed E-state index contributed by atoms with van der Waals surface area (Å²) >= 11 is 0. The van der Waals surface area contributed by atoms with E-state index < -0.39 is 109 Å². The second kappa shape index (κ2) is 21.5. The number of carbonyl (C=O) groups excluding carboxylic acids is 2. The number of aliphatic hydroxyl groups excluding tert-OH is 7. The molecule has 18 nitrogen and oxygen atoms in total.